The molecule has 0 aliphatic carbocycles. The van der Waals surface area contributed by atoms with E-state index in [-0.39, 0.29) is 11.8 Å². The number of ether oxygens (including phenoxy) is 1. The smallest absolute Gasteiger partial charge is 0.224 e. The lowest BCUT2D eigenvalue weighted by Crippen LogP contribution is -2.14. The molecule has 0 aliphatic heterocycles. The zero-order valence-electron chi connectivity index (χ0n) is 15.6. The number of carbonyl (C=O) groups excluding carboxylic acids is 2. The first-order valence-electron chi connectivity index (χ1n) is 9.01. The molecule has 2 rings (SSSR count). The highest BCUT2D eigenvalue weighted by atomic mass is 79.9. The number of halogens is 1. The molecule has 0 spiro atoms. The summed E-state index contributed by atoms with van der Waals surface area (Å²) in [6.45, 7) is 4.47. The lowest BCUT2D eigenvalue weighted by Gasteiger charge is -2.10. The zero-order valence-corrected chi connectivity index (χ0v) is 17.2. The standard InChI is InChI=1S/C21H25BrN2O3/c1-15(2)14-21(26)24-17-11-9-16(10-12-17)23-20(25)8-5-13-27-19-7-4-3-6-18(19)22/h3-4,6-7,9-12,15H,5,8,13-14H2,1-2H3,(H,23,25)(H,24,26). The summed E-state index contributed by atoms with van der Waals surface area (Å²) in [6, 6.07) is 14.7. The molecule has 5 nitrogen and oxygen atoms in total. The summed E-state index contributed by atoms with van der Waals surface area (Å²) in [6.07, 6.45) is 1.48. The molecule has 0 saturated carbocycles. The van der Waals surface area contributed by atoms with Crippen LogP contribution in [-0.2, 0) is 9.59 Å². The number of hydrogen-bond donors (Lipinski definition) is 2. The number of benzene rings is 2. The number of para-hydroxylation sites is 1. The minimum absolute atomic E-state index is 0.00756. The molecule has 0 heterocycles. The van der Waals surface area contributed by atoms with Crippen LogP contribution in [0.2, 0.25) is 0 Å². The van der Waals surface area contributed by atoms with Crippen molar-refractivity contribution >= 4 is 39.1 Å². The quantitative estimate of drug-likeness (QED) is 0.532. The van der Waals surface area contributed by atoms with Crippen molar-refractivity contribution in [1.29, 1.82) is 0 Å². The minimum Gasteiger partial charge on any atom is -0.492 e. The van der Waals surface area contributed by atoms with Crippen LogP contribution in [0.4, 0.5) is 11.4 Å². The predicted octanol–water partition coefficient (Wildman–Crippen LogP) is 5.23. The highest BCUT2D eigenvalue weighted by Crippen LogP contribution is 2.24. The Bertz CT molecular complexity index is 760. The van der Waals surface area contributed by atoms with Crippen molar-refractivity contribution in [3.05, 3.63) is 53.0 Å². The molecular formula is C21H25BrN2O3. The number of nitrogens with one attached hydrogen (secondary N) is 2. The van der Waals surface area contributed by atoms with Crippen molar-refractivity contribution in [1.82, 2.24) is 0 Å². The van der Waals surface area contributed by atoms with Crippen molar-refractivity contribution in [3.63, 3.8) is 0 Å². The van der Waals surface area contributed by atoms with Crippen LogP contribution in [0.1, 0.15) is 33.1 Å². The van der Waals surface area contributed by atoms with Crippen molar-refractivity contribution < 1.29 is 14.3 Å². The number of hydrogen-bond acceptors (Lipinski definition) is 3. The summed E-state index contributed by atoms with van der Waals surface area (Å²) < 4.78 is 6.55. The Labute approximate surface area is 168 Å². The van der Waals surface area contributed by atoms with Gasteiger partial charge in [0.2, 0.25) is 11.8 Å². The van der Waals surface area contributed by atoms with Gasteiger partial charge in [0.1, 0.15) is 5.75 Å². The van der Waals surface area contributed by atoms with Crippen LogP contribution in [0.5, 0.6) is 5.75 Å². The van der Waals surface area contributed by atoms with E-state index in [1.54, 1.807) is 24.3 Å². The summed E-state index contributed by atoms with van der Waals surface area (Å²) in [5.41, 5.74) is 1.43. The van der Waals surface area contributed by atoms with E-state index in [2.05, 4.69) is 26.6 Å². The summed E-state index contributed by atoms with van der Waals surface area (Å²) in [7, 11) is 0. The van der Waals surface area contributed by atoms with Crippen molar-refractivity contribution in [2.24, 2.45) is 5.92 Å². The Morgan fingerprint density at radius 1 is 0.963 bits per heavy atom. The SMILES string of the molecule is CC(C)CC(=O)Nc1ccc(NC(=O)CCCOc2ccccc2Br)cc1. The van der Waals surface area contributed by atoms with Crippen LogP contribution in [-0.4, -0.2) is 18.4 Å². The second-order valence-corrected chi connectivity index (χ2v) is 7.51. The molecule has 27 heavy (non-hydrogen) atoms. The van der Waals surface area contributed by atoms with Gasteiger partial charge in [0.05, 0.1) is 11.1 Å². The van der Waals surface area contributed by atoms with Gasteiger partial charge in [-0.1, -0.05) is 26.0 Å². The molecule has 0 radical (unpaired) electrons. The van der Waals surface area contributed by atoms with E-state index >= 15 is 0 Å². The fraction of sp³-hybridized carbons (Fsp3) is 0.333. The molecule has 2 aromatic carbocycles. The van der Waals surface area contributed by atoms with Gasteiger partial charge in [-0.15, -0.1) is 0 Å². The van der Waals surface area contributed by atoms with Crippen molar-refractivity contribution in [2.45, 2.75) is 33.1 Å². The third-order valence-corrected chi connectivity index (χ3v) is 4.34. The molecule has 0 unspecified atom stereocenters. The van der Waals surface area contributed by atoms with Crippen molar-refractivity contribution in [2.75, 3.05) is 17.2 Å². The Kier molecular flexibility index (Phi) is 8.33. The van der Waals surface area contributed by atoms with Crippen LogP contribution in [0.25, 0.3) is 0 Å². The average Bonchev–Trinajstić information content (AvgIpc) is 2.61. The maximum absolute atomic E-state index is 12.0. The van der Waals surface area contributed by atoms with Crippen LogP contribution in [0.15, 0.2) is 53.0 Å². The van der Waals surface area contributed by atoms with Crippen LogP contribution < -0.4 is 15.4 Å². The van der Waals surface area contributed by atoms with Gasteiger partial charge in [0.15, 0.2) is 0 Å². The summed E-state index contributed by atoms with van der Waals surface area (Å²) in [5.74, 6) is 1.01. The predicted molar refractivity (Wildman–Crippen MR) is 112 cm³/mol. The van der Waals surface area contributed by atoms with Gasteiger partial charge in [0, 0.05) is 24.2 Å². The second kappa shape index (κ2) is 10.7. The first-order valence-corrected chi connectivity index (χ1v) is 9.80. The molecule has 0 atom stereocenters. The number of amides is 2. The lowest BCUT2D eigenvalue weighted by atomic mass is 10.1. The van der Waals surface area contributed by atoms with Crippen LogP contribution in [0.3, 0.4) is 0 Å². The van der Waals surface area contributed by atoms with Gasteiger partial charge in [-0.3, -0.25) is 9.59 Å². The van der Waals surface area contributed by atoms with Crippen molar-refractivity contribution in [3.8, 4) is 5.75 Å². The maximum atomic E-state index is 12.0. The van der Waals surface area contributed by atoms with E-state index in [4.69, 9.17) is 4.74 Å². The fourth-order valence-electron chi connectivity index (χ4n) is 2.42. The number of anilines is 2. The molecule has 2 amide bonds. The Morgan fingerprint density at radius 3 is 2.15 bits per heavy atom. The number of carbonyl (C=O) groups is 2. The molecule has 2 aromatic rings. The molecule has 0 aromatic heterocycles. The summed E-state index contributed by atoms with van der Waals surface area (Å²) in [4.78, 5) is 23.8. The molecule has 144 valence electrons. The topological polar surface area (TPSA) is 67.4 Å². The largest absolute Gasteiger partial charge is 0.492 e. The first kappa shape index (κ1) is 21.0. The van der Waals surface area contributed by atoms with Crippen LogP contribution >= 0.6 is 15.9 Å². The average molecular weight is 433 g/mol. The third kappa shape index (κ3) is 7.83. The number of rotatable bonds is 9. The monoisotopic (exact) mass is 432 g/mol. The van der Waals surface area contributed by atoms with Gasteiger partial charge >= 0.3 is 0 Å². The van der Waals surface area contributed by atoms with Gasteiger partial charge < -0.3 is 15.4 Å². The van der Waals surface area contributed by atoms with Gasteiger partial charge in [0.25, 0.3) is 0 Å². The highest BCUT2D eigenvalue weighted by Gasteiger charge is 2.07. The summed E-state index contributed by atoms with van der Waals surface area (Å²) >= 11 is 3.42. The third-order valence-electron chi connectivity index (χ3n) is 3.69. The van der Waals surface area contributed by atoms with Gasteiger partial charge in [-0.05, 0) is 64.7 Å². The second-order valence-electron chi connectivity index (χ2n) is 6.65. The van der Waals surface area contributed by atoms with E-state index in [1.807, 2.05) is 38.1 Å². The molecule has 0 bridgehead atoms. The lowest BCUT2D eigenvalue weighted by molar-refractivity contribution is -0.117. The normalized spacial score (nSPS) is 10.5. The maximum Gasteiger partial charge on any atom is 0.224 e. The fourth-order valence-corrected chi connectivity index (χ4v) is 2.82. The van der Waals surface area contributed by atoms with E-state index < -0.39 is 0 Å². The molecule has 2 N–H and O–H groups in total. The zero-order chi connectivity index (χ0) is 19.6. The Balaban J connectivity index is 1.71. The Hall–Kier alpha value is -2.34. The van der Waals surface area contributed by atoms with E-state index in [0.29, 0.717) is 37.5 Å². The molecule has 6 heteroatoms. The van der Waals surface area contributed by atoms with E-state index in [0.717, 1.165) is 15.9 Å². The molecule has 0 aliphatic rings. The molecule has 0 saturated heterocycles. The van der Waals surface area contributed by atoms with Gasteiger partial charge in [-0.25, -0.2) is 0 Å². The minimum atomic E-state index is -0.0673. The summed E-state index contributed by atoms with van der Waals surface area (Å²) in [5, 5.41) is 5.69. The van der Waals surface area contributed by atoms with Gasteiger partial charge in [-0.2, -0.15) is 0 Å². The Morgan fingerprint density at radius 2 is 1.56 bits per heavy atom. The van der Waals surface area contributed by atoms with E-state index in [9.17, 15) is 9.59 Å². The molecular weight excluding hydrogens is 408 g/mol. The van der Waals surface area contributed by atoms with Crippen LogP contribution in [0, 0.1) is 5.92 Å². The first-order chi connectivity index (χ1) is 12.9. The highest BCUT2D eigenvalue weighted by molar-refractivity contribution is 9.10. The molecule has 0 fully saturated rings. The van der Waals surface area contributed by atoms with E-state index in [1.165, 1.54) is 0 Å².